The van der Waals surface area contributed by atoms with Crippen LogP contribution in [0.15, 0.2) is 30.9 Å². The van der Waals surface area contributed by atoms with E-state index in [1.165, 1.54) is 30.9 Å². The topological polar surface area (TPSA) is 125 Å². The number of aromatic nitrogens is 3. The molecule has 96 valence electrons. The molecule has 2 rings (SSSR count). The molecule has 0 bridgehead atoms. The van der Waals surface area contributed by atoms with Gasteiger partial charge in [0.25, 0.3) is 0 Å². The number of carbonyl (C=O) groups is 2. The Morgan fingerprint density at radius 2 is 1.74 bits per heavy atom. The molecule has 0 radical (unpaired) electrons. The summed E-state index contributed by atoms with van der Waals surface area (Å²) in [4.78, 5) is 33.1. The number of benzene rings is 1. The van der Waals surface area contributed by atoms with Crippen LogP contribution in [0.2, 0.25) is 0 Å². The smallest absolute Gasteiger partial charge is 0.337 e. The van der Waals surface area contributed by atoms with Crippen molar-refractivity contribution in [1.29, 1.82) is 0 Å². The summed E-state index contributed by atoms with van der Waals surface area (Å²) in [6.07, 6.45) is 2.47. The van der Waals surface area contributed by atoms with Gasteiger partial charge in [-0.15, -0.1) is 0 Å². The highest BCUT2D eigenvalue weighted by molar-refractivity contribution is 5.98. The molecule has 8 heteroatoms. The van der Waals surface area contributed by atoms with Gasteiger partial charge in [-0.25, -0.2) is 24.5 Å². The van der Waals surface area contributed by atoms with Gasteiger partial charge in [-0.1, -0.05) is 0 Å². The lowest BCUT2D eigenvalue weighted by molar-refractivity contribution is 0.0682. The minimum absolute atomic E-state index is 0.0402. The third-order valence-corrected chi connectivity index (χ3v) is 2.24. The molecule has 19 heavy (non-hydrogen) atoms. The second-order valence-electron chi connectivity index (χ2n) is 3.46. The number of carboxylic acid groups (broad SMARTS) is 2. The molecule has 8 nitrogen and oxygen atoms in total. The molecule has 1 aromatic carbocycles. The average molecular weight is 260 g/mol. The maximum atomic E-state index is 11.1. The quantitative estimate of drug-likeness (QED) is 0.743. The number of carboxylic acids is 2. The summed E-state index contributed by atoms with van der Waals surface area (Å²) in [5.41, 5.74) is -0.0226. The van der Waals surface area contributed by atoms with Crippen LogP contribution >= 0.6 is 0 Å². The predicted molar refractivity (Wildman–Crippen MR) is 63.5 cm³/mol. The minimum Gasteiger partial charge on any atom is -0.478 e. The lowest BCUT2D eigenvalue weighted by Crippen LogP contribution is -2.07. The Balaban J connectivity index is 2.43. The summed E-state index contributed by atoms with van der Waals surface area (Å²) in [5, 5.41) is 20.6. The molecule has 2 aromatic rings. The predicted octanol–water partition coefficient (Wildman–Crippen LogP) is 1.01. The molecule has 0 aliphatic heterocycles. The lowest BCUT2D eigenvalue weighted by atomic mass is 10.1. The fourth-order valence-corrected chi connectivity index (χ4v) is 1.39. The third kappa shape index (κ3) is 2.80. The molecular formula is C11H8N4O4. The van der Waals surface area contributed by atoms with Crippen LogP contribution in [0.3, 0.4) is 0 Å². The summed E-state index contributed by atoms with van der Waals surface area (Å²) in [6.45, 7) is 0. The fourth-order valence-electron chi connectivity index (χ4n) is 1.39. The highest BCUT2D eigenvalue weighted by Crippen LogP contribution is 2.20. The third-order valence-electron chi connectivity index (χ3n) is 2.24. The molecule has 0 spiro atoms. The Kier molecular flexibility index (Phi) is 3.33. The number of rotatable bonds is 4. The van der Waals surface area contributed by atoms with E-state index < -0.39 is 11.9 Å². The van der Waals surface area contributed by atoms with E-state index >= 15 is 0 Å². The average Bonchev–Trinajstić information content (AvgIpc) is 2.39. The van der Waals surface area contributed by atoms with Crippen molar-refractivity contribution < 1.29 is 19.8 Å². The minimum atomic E-state index is -1.19. The molecule has 0 amide bonds. The molecule has 0 unspecified atom stereocenters. The number of nitrogens with one attached hydrogen (secondary N) is 1. The van der Waals surface area contributed by atoms with Gasteiger partial charge >= 0.3 is 11.9 Å². The van der Waals surface area contributed by atoms with Crippen LogP contribution < -0.4 is 5.32 Å². The maximum absolute atomic E-state index is 11.1. The van der Waals surface area contributed by atoms with Gasteiger partial charge in [0.05, 0.1) is 16.8 Å². The number of aromatic carboxylic acids is 2. The summed E-state index contributed by atoms with van der Waals surface area (Å²) in [5.74, 6) is -2.22. The highest BCUT2D eigenvalue weighted by Gasteiger charge is 2.14. The number of nitrogens with zero attached hydrogens (tertiary/aromatic N) is 3. The number of hydrogen-bond acceptors (Lipinski definition) is 6. The normalized spacial score (nSPS) is 9.89. The molecule has 0 saturated carbocycles. The van der Waals surface area contributed by atoms with Gasteiger partial charge in [-0.2, -0.15) is 0 Å². The molecule has 1 aromatic heterocycles. The summed E-state index contributed by atoms with van der Waals surface area (Å²) in [7, 11) is 0. The Labute approximate surface area is 106 Å². The van der Waals surface area contributed by atoms with Gasteiger partial charge in [-0.05, 0) is 18.2 Å². The zero-order valence-corrected chi connectivity index (χ0v) is 9.44. The van der Waals surface area contributed by atoms with E-state index in [0.29, 0.717) is 0 Å². The van der Waals surface area contributed by atoms with Gasteiger partial charge in [0.15, 0.2) is 0 Å². The van der Waals surface area contributed by atoms with Crippen molar-refractivity contribution in [3.8, 4) is 0 Å². The van der Waals surface area contributed by atoms with Crippen LogP contribution in [0, 0.1) is 0 Å². The van der Waals surface area contributed by atoms with Crippen molar-refractivity contribution in [3.63, 3.8) is 0 Å². The van der Waals surface area contributed by atoms with E-state index in [1.54, 1.807) is 0 Å². The van der Waals surface area contributed by atoms with E-state index in [0.717, 1.165) is 0 Å². The van der Waals surface area contributed by atoms with Crippen molar-refractivity contribution >= 4 is 23.6 Å². The first kappa shape index (κ1) is 12.4. The molecule has 1 heterocycles. The van der Waals surface area contributed by atoms with Gasteiger partial charge < -0.3 is 15.5 Å². The van der Waals surface area contributed by atoms with Crippen molar-refractivity contribution in [2.45, 2.75) is 0 Å². The summed E-state index contributed by atoms with van der Waals surface area (Å²) < 4.78 is 0. The molecule has 0 atom stereocenters. The molecule has 3 N–H and O–H groups in total. The SMILES string of the molecule is O=C(O)c1ccc(C(=O)O)c(Nc2ncncn2)c1. The maximum Gasteiger partial charge on any atom is 0.337 e. The number of hydrogen-bond donors (Lipinski definition) is 3. The molecule has 0 aliphatic rings. The van der Waals surface area contributed by atoms with Crippen LogP contribution in [0.5, 0.6) is 0 Å². The van der Waals surface area contributed by atoms with Gasteiger partial charge in [0.2, 0.25) is 5.95 Å². The van der Waals surface area contributed by atoms with E-state index in [9.17, 15) is 9.59 Å². The Morgan fingerprint density at radius 1 is 1.05 bits per heavy atom. The Morgan fingerprint density at radius 3 is 2.32 bits per heavy atom. The first-order chi connectivity index (χ1) is 9.08. The lowest BCUT2D eigenvalue weighted by Gasteiger charge is -2.08. The molecule has 0 saturated heterocycles. The van der Waals surface area contributed by atoms with Crippen molar-refractivity contribution in [2.75, 3.05) is 5.32 Å². The second kappa shape index (κ2) is 5.08. The standard InChI is InChI=1S/C11H8N4O4/c16-9(17)6-1-2-7(10(18)19)8(3-6)15-11-13-4-12-5-14-11/h1-5H,(H,16,17)(H,18,19)(H,12,13,14,15). The van der Waals surface area contributed by atoms with Gasteiger partial charge in [0, 0.05) is 0 Å². The van der Waals surface area contributed by atoms with E-state index in [2.05, 4.69) is 20.3 Å². The van der Waals surface area contributed by atoms with Crippen molar-refractivity contribution in [2.24, 2.45) is 0 Å². The first-order valence-electron chi connectivity index (χ1n) is 5.07. The van der Waals surface area contributed by atoms with Crippen LogP contribution in [0.4, 0.5) is 11.6 Å². The number of anilines is 2. The highest BCUT2D eigenvalue weighted by atomic mass is 16.4. The van der Waals surface area contributed by atoms with E-state index in [4.69, 9.17) is 10.2 Å². The zero-order valence-electron chi connectivity index (χ0n) is 9.44. The molecular weight excluding hydrogens is 252 g/mol. The zero-order chi connectivity index (χ0) is 13.8. The largest absolute Gasteiger partial charge is 0.478 e. The van der Waals surface area contributed by atoms with Gasteiger partial charge in [-0.3, -0.25) is 0 Å². The Bertz CT molecular complexity index is 630. The van der Waals surface area contributed by atoms with Crippen LogP contribution in [-0.2, 0) is 0 Å². The van der Waals surface area contributed by atoms with E-state index in [1.807, 2.05) is 0 Å². The second-order valence-corrected chi connectivity index (χ2v) is 3.46. The molecule has 0 fully saturated rings. The van der Waals surface area contributed by atoms with E-state index in [-0.39, 0.29) is 22.8 Å². The summed E-state index contributed by atoms with van der Waals surface area (Å²) >= 11 is 0. The monoisotopic (exact) mass is 260 g/mol. The Hall–Kier alpha value is -3.03. The van der Waals surface area contributed by atoms with Crippen LogP contribution in [-0.4, -0.2) is 37.1 Å². The summed E-state index contributed by atoms with van der Waals surface area (Å²) in [6, 6.07) is 3.62. The van der Waals surface area contributed by atoms with Crippen LogP contribution in [0.1, 0.15) is 20.7 Å². The first-order valence-corrected chi connectivity index (χ1v) is 5.07. The van der Waals surface area contributed by atoms with Gasteiger partial charge in [0.1, 0.15) is 12.7 Å². The fraction of sp³-hybridized carbons (Fsp3) is 0. The van der Waals surface area contributed by atoms with Crippen molar-refractivity contribution in [3.05, 3.63) is 42.0 Å². The molecule has 0 aliphatic carbocycles. The van der Waals surface area contributed by atoms with Crippen molar-refractivity contribution in [1.82, 2.24) is 15.0 Å². The van der Waals surface area contributed by atoms with Crippen LogP contribution in [0.25, 0.3) is 0 Å².